The number of hydrogen-bond acceptors (Lipinski definition) is 8. The molecular weight excluding hydrogens is 454 g/mol. The molecule has 3 aliphatic heterocycles. The number of nitriles is 1. The van der Waals surface area contributed by atoms with Gasteiger partial charge in [-0.05, 0) is 65.0 Å². The maximum atomic E-state index is 12.9. The van der Waals surface area contributed by atoms with Gasteiger partial charge in [0.05, 0.1) is 23.7 Å². The Morgan fingerprint density at radius 2 is 2.03 bits per heavy atom. The van der Waals surface area contributed by atoms with Crippen molar-refractivity contribution in [2.45, 2.75) is 88.4 Å². The first-order valence-electron chi connectivity index (χ1n) is 12.9. The van der Waals surface area contributed by atoms with Crippen molar-refractivity contribution in [2.24, 2.45) is 0 Å². The van der Waals surface area contributed by atoms with Gasteiger partial charge in [-0.2, -0.15) is 5.26 Å². The van der Waals surface area contributed by atoms with Crippen molar-refractivity contribution in [3.05, 3.63) is 35.8 Å². The van der Waals surface area contributed by atoms with Gasteiger partial charge in [0.2, 0.25) is 0 Å². The van der Waals surface area contributed by atoms with E-state index in [0.29, 0.717) is 11.6 Å². The number of anilines is 3. The Kier molecular flexibility index (Phi) is 5.15. The van der Waals surface area contributed by atoms with Gasteiger partial charge in [0.25, 0.3) is 0 Å². The largest absolute Gasteiger partial charge is 0.444 e. The van der Waals surface area contributed by atoms with E-state index in [1.54, 1.807) is 23.5 Å². The predicted octanol–water partition coefficient (Wildman–Crippen LogP) is 4.54. The van der Waals surface area contributed by atoms with Gasteiger partial charge in [-0.15, -0.1) is 0 Å². The van der Waals surface area contributed by atoms with E-state index in [9.17, 15) is 10.1 Å². The second-order valence-corrected chi connectivity index (χ2v) is 11.7. The zero-order valence-corrected chi connectivity index (χ0v) is 21.4. The highest BCUT2D eigenvalue weighted by molar-refractivity contribution is 5.76. The van der Waals surface area contributed by atoms with E-state index >= 15 is 0 Å². The number of carbonyl (C=O) groups excluding carboxylic acids is 1. The molecule has 9 heteroatoms. The Balaban J connectivity index is 0.00000280. The zero-order valence-electron chi connectivity index (χ0n) is 21.4. The molecule has 190 valence electrons. The highest BCUT2D eigenvalue weighted by Crippen LogP contribution is 2.57. The lowest BCUT2D eigenvalue weighted by molar-refractivity contribution is 0.0202. The molecule has 1 aliphatic carbocycles. The summed E-state index contributed by atoms with van der Waals surface area (Å²) in [5.41, 5.74) is 1.30. The maximum absolute atomic E-state index is 12.9. The lowest BCUT2D eigenvalue weighted by Gasteiger charge is -2.40. The number of hydrogen-bond donors (Lipinski definition) is 0. The van der Waals surface area contributed by atoms with Crippen LogP contribution in [-0.2, 0) is 10.2 Å². The molecule has 0 N–H and O–H groups in total. The van der Waals surface area contributed by atoms with Crippen molar-refractivity contribution < 1.29 is 11.0 Å². The summed E-state index contributed by atoms with van der Waals surface area (Å²) in [6, 6.07) is 6.44. The highest BCUT2D eigenvalue weighted by atomic mass is 16.6. The molecule has 3 atom stereocenters. The van der Waals surface area contributed by atoms with Crippen LogP contribution in [0.25, 0.3) is 0 Å². The molecule has 1 saturated carbocycles. The molecule has 2 aromatic heterocycles. The lowest BCUT2D eigenvalue weighted by atomic mass is 9.66. The molecule has 5 heterocycles. The minimum absolute atomic E-state index is 0. The average Bonchev–Trinajstić information content (AvgIpc) is 3.51. The third-order valence-electron chi connectivity index (χ3n) is 8.44. The van der Waals surface area contributed by atoms with Crippen LogP contribution in [0.5, 0.6) is 0 Å². The van der Waals surface area contributed by atoms with Crippen LogP contribution in [0.4, 0.5) is 22.2 Å². The molecule has 36 heavy (non-hydrogen) atoms. The van der Waals surface area contributed by atoms with E-state index < -0.39 is 5.60 Å². The third kappa shape index (κ3) is 3.49. The Morgan fingerprint density at radius 1 is 1.25 bits per heavy atom. The molecule has 1 amide bonds. The van der Waals surface area contributed by atoms with Crippen LogP contribution >= 0.6 is 0 Å². The van der Waals surface area contributed by atoms with E-state index in [1.165, 1.54) is 12.0 Å². The van der Waals surface area contributed by atoms with Gasteiger partial charge in [-0.25, -0.2) is 19.7 Å². The van der Waals surface area contributed by atoms with Crippen molar-refractivity contribution >= 4 is 23.5 Å². The first-order chi connectivity index (χ1) is 17.2. The number of fused-ring (bicyclic) bond motifs is 4. The molecule has 3 unspecified atom stereocenters. The van der Waals surface area contributed by atoms with Crippen LogP contribution in [0.2, 0.25) is 0 Å². The van der Waals surface area contributed by atoms with Gasteiger partial charge >= 0.3 is 6.09 Å². The van der Waals surface area contributed by atoms with E-state index in [4.69, 9.17) is 14.7 Å². The summed E-state index contributed by atoms with van der Waals surface area (Å²) < 4.78 is 5.68. The van der Waals surface area contributed by atoms with Crippen LogP contribution in [0.1, 0.15) is 71.8 Å². The molecule has 2 saturated heterocycles. The summed E-state index contributed by atoms with van der Waals surface area (Å²) in [7, 11) is 1.87. The summed E-state index contributed by atoms with van der Waals surface area (Å²) >= 11 is 0. The smallest absolute Gasteiger partial charge is 0.410 e. The van der Waals surface area contributed by atoms with E-state index in [-0.39, 0.29) is 25.0 Å². The molecule has 4 aliphatic rings. The first kappa shape index (κ1) is 23.0. The molecule has 0 radical (unpaired) electrons. The Morgan fingerprint density at radius 3 is 2.72 bits per heavy atom. The molecule has 6 rings (SSSR count). The van der Waals surface area contributed by atoms with Crippen LogP contribution < -0.4 is 9.80 Å². The van der Waals surface area contributed by atoms with E-state index in [2.05, 4.69) is 20.9 Å². The SMILES string of the molecule is CN(C(=O)OC(C)(C)C)C1CC2CCC1N2c1ncnc2c1C1(CCC1)CN2c1cc(C#N)ccn1.[HH]. The van der Waals surface area contributed by atoms with Gasteiger partial charge in [0.15, 0.2) is 0 Å². The number of aromatic nitrogens is 3. The summed E-state index contributed by atoms with van der Waals surface area (Å²) in [5.74, 6) is 2.69. The maximum Gasteiger partial charge on any atom is 0.410 e. The lowest BCUT2D eigenvalue weighted by Crippen LogP contribution is -2.47. The van der Waals surface area contributed by atoms with Crippen LogP contribution in [0, 0.1) is 11.3 Å². The number of nitrogens with zero attached hydrogens (tertiary/aromatic N) is 7. The second kappa shape index (κ2) is 8.05. The topological polar surface area (TPSA) is 98.5 Å². The fraction of sp³-hybridized carbons (Fsp3) is 0.593. The standard InChI is InChI=1S/C27H33N7O2.H2/c1-26(2,3)36-25(35)32(4)20-13-18-6-7-19(20)34(18)24-22-23(30-16-31-24)33(15-27(22)9-5-10-27)21-12-17(14-28)8-11-29-21;/h8,11-12,16,18-20H,5-7,9-10,13,15H2,1-4H3;1H. The average molecular weight is 490 g/mol. The van der Waals surface area contributed by atoms with Crippen LogP contribution in [0.3, 0.4) is 0 Å². The number of ether oxygens (including phenoxy) is 1. The van der Waals surface area contributed by atoms with E-state index in [1.807, 2.05) is 33.9 Å². The minimum Gasteiger partial charge on any atom is -0.444 e. The summed E-state index contributed by atoms with van der Waals surface area (Å²) in [6.07, 6.45) is 9.52. The Labute approximate surface area is 213 Å². The fourth-order valence-electron chi connectivity index (χ4n) is 6.71. The molecule has 2 aromatic rings. The minimum atomic E-state index is -0.521. The van der Waals surface area contributed by atoms with Gasteiger partial charge in [0, 0.05) is 38.2 Å². The number of likely N-dealkylation sites (N-methyl/N-ethyl adjacent to an activating group) is 1. The van der Waals surface area contributed by atoms with Gasteiger partial charge in [0.1, 0.15) is 29.4 Å². The van der Waals surface area contributed by atoms with Crippen molar-refractivity contribution in [1.29, 1.82) is 5.26 Å². The number of carbonyl (C=O) groups is 1. The normalized spacial score (nSPS) is 25.5. The number of amides is 1. The molecule has 2 bridgehead atoms. The van der Waals surface area contributed by atoms with Gasteiger partial charge in [-0.1, -0.05) is 6.42 Å². The third-order valence-corrected chi connectivity index (χ3v) is 8.44. The molecule has 0 aromatic carbocycles. The number of rotatable bonds is 3. The Bertz CT molecular complexity index is 1250. The van der Waals surface area contributed by atoms with Crippen molar-refractivity contribution in [1.82, 2.24) is 19.9 Å². The summed E-state index contributed by atoms with van der Waals surface area (Å²) in [6.45, 7) is 6.52. The quantitative estimate of drug-likeness (QED) is 0.620. The second-order valence-electron chi connectivity index (χ2n) is 11.7. The number of pyridine rings is 1. The van der Waals surface area contributed by atoms with Gasteiger partial charge < -0.3 is 19.4 Å². The fourth-order valence-corrected chi connectivity index (χ4v) is 6.71. The molecule has 1 spiro atoms. The monoisotopic (exact) mass is 489 g/mol. The predicted molar refractivity (Wildman–Crippen MR) is 137 cm³/mol. The zero-order chi connectivity index (χ0) is 25.2. The van der Waals surface area contributed by atoms with Crippen LogP contribution in [0.15, 0.2) is 24.7 Å². The molecule has 9 nitrogen and oxygen atoms in total. The first-order valence-corrected chi connectivity index (χ1v) is 12.9. The molecule has 3 fully saturated rings. The van der Waals surface area contributed by atoms with Crippen molar-refractivity contribution in [3.63, 3.8) is 0 Å². The van der Waals surface area contributed by atoms with Crippen molar-refractivity contribution in [3.8, 4) is 6.07 Å². The summed E-state index contributed by atoms with van der Waals surface area (Å²) in [5, 5.41) is 9.42. The highest BCUT2D eigenvalue weighted by Gasteiger charge is 2.55. The Hall–Kier alpha value is -3.41. The van der Waals surface area contributed by atoms with Crippen molar-refractivity contribution in [2.75, 3.05) is 23.4 Å². The molecular formula is C27H35N7O2. The van der Waals surface area contributed by atoms with Crippen LogP contribution in [-0.4, -0.2) is 63.3 Å². The van der Waals surface area contributed by atoms with E-state index in [0.717, 1.165) is 56.1 Å². The summed E-state index contributed by atoms with van der Waals surface area (Å²) in [4.78, 5) is 33.6. The van der Waals surface area contributed by atoms with Gasteiger partial charge in [-0.3, -0.25) is 0 Å².